The van der Waals surface area contributed by atoms with Crippen molar-refractivity contribution in [3.05, 3.63) is 58.7 Å². The van der Waals surface area contributed by atoms with Crippen LogP contribution in [0, 0.1) is 20.8 Å². The highest BCUT2D eigenvalue weighted by atomic mass is 32.2. The van der Waals surface area contributed by atoms with Crippen LogP contribution in [0.5, 0.6) is 5.75 Å². The predicted molar refractivity (Wildman–Crippen MR) is 113 cm³/mol. The number of carbonyl (C=O) groups excluding carboxylic acids is 1. The van der Waals surface area contributed by atoms with Gasteiger partial charge in [-0.2, -0.15) is 0 Å². The minimum Gasteiger partial charge on any atom is -0.495 e. The van der Waals surface area contributed by atoms with Gasteiger partial charge < -0.3 is 9.64 Å². The zero-order chi connectivity index (χ0) is 21.2. The highest BCUT2D eigenvalue weighted by Gasteiger charge is 2.29. The summed E-state index contributed by atoms with van der Waals surface area (Å²) in [6.07, 6.45) is 1.15. The molecule has 1 heterocycles. The number of carbonyl (C=O) groups is 1. The number of aryl methyl sites for hydroxylation is 3. The van der Waals surface area contributed by atoms with Gasteiger partial charge in [0.2, 0.25) is 10.0 Å². The van der Waals surface area contributed by atoms with E-state index in [-0.39, 0.29) is 16.8 Å². The molecule has 0 bridgehead atoms. The number of nitrogens with one attached hydrogen (secondary N) is 1. The summed E-state index contributed by atoms with van der Waals surface area (Å²) >= 11 is 0. The molecule has 6 nitrogen and oxygen atoms in total. The fourth-order valence-corrected chi connectivity index (χ4v) is 5.04. The average molecular weight is 417 g/mol. The lowest BCUT2D eigenvalue weighted by molar-refractivity contribution is 0.0711. The van der Waals surface area contributed by atoms with E-state index < -0.39 is 10.0 Å². The Balaban J connectivity index is 1.66. The number of hydrogen-bond donors (Lipinski definition) is 1. The second-order valence-corrected chi connectivity index (χ2v) is 9.32. The van der Waals surface area contributed by atoms with Crippen molar-refractivity contribution in [3.63, 3.8) is 0 Å². The van der Waals surface area contributed by atoms with Crippen LogP contribution in [-0.4, -0.2) is 45.5 Å². The summed E-state index contributed by atoms with van der Waals surface area (Å²) in [4.78, 5) is 14.6. The topological polar surface area (TPSA) is 75.7 Å². The summed E-state index contributed by atoms with van der Waals surface area (Å²) in [6.45, 7) is 6.82. The fraction of sp³-hybridized carbons (Fsp3) is 0.409. The Kier molecular flexibility index (Phi) is 6.29. The molecule has 1 saturated heterocycles. The summed E-state index contributed by atoms with van der Waals surface area (Å²) in [5, 5.41) is 0. The highest BCUT2D eigenvalue weighted by Crippen LogP contribution is 2.28. The van der Waals surface area contributed by atoms with Crippen LogP contribution in [0.25, 0.3) is 0 Å². The lowest BCUT2D eigenvalue weighted by Gasteiger charge is -2.32. The van der Waals surface area contributed by atoms with Gasteiger partial charge in [-0.25, -0.2) is 13.1 Å². The molecule has 0 spiro atoms. The number of hydrogen-bond acceptors (Lipinski definition) is 4. The first-order valence-electron chi connectivity index (χ1n) is 9.75. The molecule has 0 aromatic heterocycles. The van der Waals surface area contributed by atoms with E-state index in [4.69, 9.17) is 4.74 Å². The van der Waals surface area contributed by atoms with Crippen LogP contribution in [0.3, 0.4) is 0 Å². The van der Waals surface area contributed by atoms with Gasteiger partial charge in [0.25, 0.3) is 5.91 Å². The largest absolute Gasteiger partial charge is 0.495 e. The molecular weight excluding hydrogens is 388 g/mol. The van der Waals surface area contributed by atoms with E-state index in [1.54, 1.807) is 17.0 Å². The molecule has 2 aromatic carbocycles. The molecule has 0 radical (unpaired) electrons. The van der Waals surface area contributed by atoms with E-state index in [1.165, 1.54) is 7.11 Å². The van der Waals surface area contributed by atoms with E-state index in [9.17, 15) is 13.2 Å². The van der Waals surface area contributed by atoms with Gasteiger partial charge in [-0.15, -0.1) is 0 Å². The number of likely N-dealkylation sites (tertiary alicyclic amines) is 1. The van der Waals surface area contributed by atoms with Crippen molar-refractivity contribution < 1.29 is 17.9 Å². The summed E-state index contributed by atoms with van der Waals surface area (Å²) < 4.78 is 34.0. The first-order chi connectivity index (χ1) is 13.7. The second-order valence-electron chi connectivity index (χ2n) is 7.64. The van der Waals surface area contributed by atoms with Crippen LogP contribution in [0.15, 0.2) is 41.3 Å². The monoisotopic (exact) mass is 416 g/mol. The highest BCUT2D eigenvalue weighted by molar-refractivity contribution is 7.89. The third-order valence-corrected chi connectivity index (χ3v) is 7.01. The first kappa shape index (κ1) is 21.3. The number of ether oxygens (including phenoxy) is 1. The number of benzene rings is 2. The van der Waals surface area contributed by atoms with E-state index in [0.29, 0.717) is 37.2 Å². The molecule has 1 aliphatic rings. The molecule has 156 valence electrons. The standard InChI is InChI=1S/C22H28N2O4S/c1-15-5-7-18(8-6-15)22(25)24-11-9-19(10-12-24)23-29(26,27)21-14-17(3)16(2)13-20(21)28-4/h5-8,13-14,19,23H,9-12H2,1-4H3. The van der Waals surface area contributed by atoms with Crippen LogP contribution in [0.4, 0.5) is 0 Å². The lowest BCUT2D eigenvalue weighted by atomic mass is 10.0. The molecule has 1 N–H and O–H groups in total. The molecule has 0 aliphatic carbocycles. The molecule has 1 amide bonds. The molecule has 0 unspecified atom stereocenters. The molecule has 0 atom stereocenters. The van der Waals surface area contributed by atoms with Crippen molar-refractivity contribution in [1.29, 1.82) is 0 Å². The molecule has 0 saturated carbocycles. The summed E-state index contributed by atoms with van der Waals surface area (Å²) in [5.41, 5.74) is 3.64. The minimum atomic E-state index is -3.72. The predicted octanol–water partition coefficient (Wildman–Crippen LogP) is 3.20. The normalized spacial score (nSPS) is 15.4. The van der Waals surface area contributed by atoms with Crippen LogP contribution in [0.2, 0.25) is 0 Å². The van der Waals surface area contributed by atoms with Gasteiger partial charge in [0.05, 0.1) is 7.11 Å². The van der Waals surface area contributed by atoms with Crippen molar-refractivity contribution in [3.8, 4) is 5.75 Å². The van der Waals surface area contributed by atoms with E-state index in [0.717, 1.165) is 16.7 Å². The zero-order valence-corrected chi connectivity index (χ0v) is 18.2. The Bertz CT molecular complexity index is 992. The number of piperidine rings is 1. The van der Waals surface area contributed by atoms with Gasteiger partial charge in [-0.1, -0.05) is 17.7 Å². The molecule has 7 heteroatoms. The van der Waals surface area contributed by atoms with E-state index in [1.807, 2.05) is 45.0 Å². The molecule has 1 fully saturated rings. The summed E-state index contributed by atoms with van der Waals surface area (Å²) in [7, 11) is -2.24. The fourth-order valence-electron chi connectivity index (χ4n) is 3.49. The number of sulfonamides is 1. The first-order valence-corrected chi connectivity index (χ1v) is 11.2. The number of rotatable bonds is 5. The Morgan fingerprint density at radius 2 is 1.62 bits per heavy atom. The molecular formula is C22H28N2O4S. The minimum absolute atomic E-state index is 0.0119. The Morgan fingerprint density at radius 1 is 1.03 bits per heavy atom. The Hall–Kier alpha value is -2.38. The maximum atomic E-state index is 12.9. The molecule has 29 heavy (non-hydrogen) atoms. The van der Waals surface area contributed by atoms with Gasteiger partial charge in [0, 0.05) is 24.7 Å². The lowest BCUT2D eigenvalue weighted by Crippen LogP contribution is -2.46. The van der Waals surface area contributed by atoms with Crippen LogP contribution in [0.1, 0.15) is 39.9 Å². The van der Waals surface area contributed by atoms with Gasteiger partial charge >= 0.3 is 0 Å². The third kappa shape index (κ3) is 4.79. The Labute approximate surface area is 172 Å². The van der Waals surface area contributed by atoms with Crippen LogP contribution < -0.4 is 9.46 Å². The number of amides is 1. The second kappa shape index (κ2) is 8.55. The number of methoxy groups -OCH3 is 1. The van der Waals surface area contributed by atoms with Gasteiger partial charge in [0.15, 0.2) is 0 Å². The molecule has 2 aromatic rings. The summed E-state index contributed by atoms with van der Waals surface area (Å²) in [5.74, 6) is 0.328. The van der Waals surface area contributed by atoms with Gasteiger partial charge in [-0.05, 0) is 69.0 Å². The van der Waals surface area contributed by atoms with Crippen molar-refractivity contribution >= 4 is 15.9 Å². The van der Waals surface area contributed by atoms with Crippen LogP contribution in [-0.2, 0) is 10.0 Å². The number of nitrogens with zero attached hydrogens (tertiary/aromatic N) is 1. The zero-order valence-electron chi connectivity index (χ0n) is 17.4. The van der Waals surface area contributed by atoms with Crippen molar-refractivity contribution in [2.24, 2.45) is 0 Å². The van der Waals surface area contributed by atoms with Crippen molar-refractivity contribution in [1.82, 2.24) is 9.62 Å². The van der Waals surface area contributed by atoms with E-state index >= 15 is 0 Å². The molecule has 1 aliphatic heterocycles. The van der Waals surface area contributed by atoms with Crippen molar-refractivity contribution in [2.75, 3.05) is 20.2 Å². The third-order valence-electron chi connectivity index (χ3n) is 5.47. The van der Waals surface area contributed by atoms with Gasteiger partial charge in [-0.3, -0.25) is 4.79 Å². The average Bonchev–Trinajstić information content (AvgIpc) is 2.70. The van der Waals surface area contributed by atoms with Crippen molar-refractivity contribution in [2.45, 2.75) is 44.6 Å². The molecule has 3 rings (SSSR count). The maximum absolute atomic E-state index is 12.9. The maximum Gasteiger partial charge on any atom is 0.253 e. The smallest absolute Gasteiger partial charge is 0.253 e. The van der Waals surface area contributed by atoms with Gasteiger partial charge in [0.1, 0.15) is 10.6 Å². The summed E-state index contributed by atoms with van der Waals surface area (Å²) in [6, 6.07) is 10.7. The quantitative estimate of drug-likeness (QED) is 0.812. The van der Waals surface area contributed by atoms with E-state index in [2.05, 4.69) is 4.72 Å². The van der Waals surface area contributed by atoms with Crippen LogP contribution >= 0.6 is 0 Å². The SMILES string of the molecule is COc1cc(C)c(C)cc1S(=O)(=O)NC1CCN(C(=O)c2ccc(C)cc2)CC1. The Morgan fingerprint density at radius 3 is 2.21 bits per heavy atom.